The highest BCUT2D eigenvalue weighted by Crippen LogP contribution is 2.13. The summed E-state index contributed by atoms with van der Waals surface area (Å²) >= 11 is 0. The van der Waals surface area contributed by atoms with Crippen molar-refractivity contribution in [1.82, 2.24) is 0 Å². The molecule has 0 heterocycles. The second kappa shape index (κ2) is 6.08. The number of carbonyl (C=O) groups is 1. The molecule has 1 aromatic rings. The number of hydrogen-bond acceptors (Lipinski definition) is 3. The number of benzene rings is 1. The van der Waals surface area contributed by atoms with Gasteiger partial charge in [-0.1, -0.05) is 30.4 Å². The predicted molar refractivity (Wildman–Crippen MR) is 62.1 cm³/mol. The van der Waals surface area contributed by atoms with Crippen molar-refractivity contribution in [3.63, 3.8) is 0 Å². The van der Waals surface area contributed by atoms with E-state index in [0.717, 1.165) is 0 Å². The fraction of sp³-hybridized carbons (Fsp3) is 0.308. The fourth-order valence-corrected chi connectivity index (χ4v) is 1.20. The lowest BCUT2D eigenvalue weighted by Crippen LogP contribution is -2.27. The molecule has 16 heavy (non-hydrogen) atoms. The van der Waals surface area contributed by atoms with Crippen LogP contribution in [0.5, 0.6) is 5.75 Å². The highest BCUT2D eigenvalue weighted by molar-refractivity contribution is 5.75. The molecule has 0 aliphatic carbocycles. The maximum atomic E-state index is 11.6. The third kappa shape index (κ3) is 3.51. The van der Waals surface area contributed by atoms with Crippen LogP contribution in [0, 0.1) is 5.92 Å². The number of carbonyl (C=O) groups excluding carboxylic acids is 1. The fourth-order valence-electron chi connectivity index (χ4n) is 1.20. The van der Waals surface area contributed by atoms with Crippen LogP contribution < -0.4 is 4.74 Å². The number of rotatable bonds is 4. The van der Waals surface area contributed by atoms with Gasteiger partial charge in [0.05, 0.1) is 12.0 Å². The van der Waals surface area contributed by atoms with Crippen LogP contribution in [0.1, 0.15) is 13.8 Å². The largest absolute Gasteiger partial charge is 0.426 e. The molecule has 0 amide bonds. The summed E-state index contributed by atoms with van der Waals surface area (Å²) in [5.41, 5.74) is 0. The number of aliphatic hydroxyl groups is 1. The Kier molecular flexibility index (Phi) is 4.73. The van der Waals surface area contributed by atoms with E-state index in [9.17, 15) is 9.90 Å². The summed E-state index contributed by atoms with van der Waals surface area (Å²) in [4.78, 5) is 11.6. The van der Waals surface area contributed by atoms with Gasteiger partial charge in [-0.05, 0) is 26.0 Å². The van der Waals surface area contributed by atoms with E-state index < -0.39 is 18.0 Å². The van der Waals surface area contributed by atoms with Gasteiger partial charge in [0.15, 0.2) is 0 Å². The summed E-state index contributed by atoms with van der Waals surface area (Å²) in [6.07, 6.45) is 2.47. The molecule has 3 heteroatoms. The molecular formula is C13H16O3. The normalized spacial score (nSPS) is 14.7. The Balaban J connectivity index is 2.59. The van der Waals surface area contributed by atoms with Gasteiger partial charge in [-0.15, -0.1) is 0 Å². The molecule has 86 valence electrons. The standard InChI is InChI=1S/C13H16O3/c1-3-7-12(14)10(2)13(15)16-11-8-5-4-6-9-11/h3-10,12,14H,1-2H3/b7-3+/t10-,12+/m1/s1. The molecule has 0 aliphatic rings. The van der Waals surface area contributed by atoms with Gasteiger partial charge in [-0.25, -0.2) is 0 Å². The van der Waals surface area contributed by atoms with Crippen LogP contribution in [-0.4, -0.2) is 17.2 Å². The van der Waals surface area contributed by atoms with Crippen molar-refractivity contribution in [2.24, 2.45) is 5.92 Å². The third-order valence-corrected chi connectivity index (χ3v) is 2.24. The minimum absolute atomic E-state index is 0.434. The summed E-state index contributed by atoms with van der Waals surface area (Å²) in [6.45, 7) is 3.43. The van der Waals surface area contributed by atoms with Crippen molar-refractivity contribution in [2.45, 2.75) is 20.0 Å². The number of para-hydroxylation sites is 1. The highest BCUT2D eigenvalue weighted by Gasteiger charge is 2.21. The molecule has 0 fully saturated rings. The van der Waals surface area contributed by atoms with Crippen LogP contribution >= 0.6 is 0 Å². The number of aliphatic hydroxyl groups excluding tert-OH is 1. The Morgan fingerprint density at radius 3 is 2.56 bits per heavy atom. The van der Waals surface area contributed by atoms with Gasteiger partial charge in [0, 0.05) is 0 Å². The van der Waals surface area contributed by atoms with E-state index in [2.05, 4.69) is 0 Å². The zero-order chi connectivity index (χ0) is 12.0. The second-order valence-electron chi connectivity index (χ2n) is 3.54. The molecule has 1 rings (SSSR count). The molecule has 0 bridgehead atoms. The molecule has 0 saturated heterocycles. The van der Waals surface area contributed by atoms with Crippen LogP contribution in [0.2, 0.25) is 0 Å². The Labute approximate surface area is 95.4 Å². The maximum Gasteiger partial charge on any atom is 0.317 e. The lowest BCUT2D eigenvalue weighted by Gasteiger charge is -2.14. The molecule has 0 spiro atoms. The van der Waals surface area contributed by atoms with E-state index in [0.29, 0.717) is 5.75 Å². The summed E-state index contributed by atoms with van der Waals surface area (Å²) in [6, 6.07) is 8.82. The van der Waals surface area contributed by atoms with Crippen molar-refractivity contribution < 1.29 is 14.6 Å². The summed E-state index contributed by atoms with van der Waals surface area (Å²) < 4.78 is 5.11. The molecule has 0 saturated carbocycles. The van der Waals surface area contributed by atoms with E-state index in [1.165, 1.54) is 0 Å². The molecule has 2 atom stereocenters. The minimum Gasteiger partial charge on any atom is -0.426 e. The van der Waals surface area contributed by atoms with Crippen LogP contribution in [0.3, 0.4) is 0 Å². The zero-order valence-corrected chi connectivity index (χ0v) is 9.46. The second-order valence-corrected chi connectivity index (χ2v) is 3.54. The van der Waals surface area contributed by atoms with Gasteiger partial charge >= 0.3 is 5.97 Å². The van der Waals surface area contributed by atoms with Crippen LogP contribution in [0.25, 0.3) is 0 Å². The average Bonchev–Trinajstić information content (AvgIpc) is 2.29. The minimum atomic E-state index is -0.804. The van der Waals surface area contributed by atoms with Crippen molar-refractivity contribution in [3.8, 4) is 5.75 Å². The quantitative estimate of drug-likeness (QED) is 0.480. The molecule has 0 aromatic heterocycles. The van der Waals surface area contributed by atoms with Gasteiger partial charge in [-0.3, -0.25) is 4.79 Å². The number of allylic oxidation sites excluding steroid dienone is 1. The summed E-state index contributed by atoms with van der Waals surface area (Å²) in [5, 5.41) is 9.58. The first-order chi connectivity index (χ1) is 7.65. The van der Waals surface area contributed by atoms with Gasteiger partial charge in [0.2, 0.25) is 0 Å². The lowest BCUT2D eigenvalue weighted by atomic mass is 10.1. The van der Waals surface area contributed by atoms with Crippen LogP contribution in [0.15, 0.2) is 42.5 Å². The SMILES string of the molecule is C/C=C/[C@H](O)[C@@H](C)C(=O)Oc1ccccc1. The number of esters is 1. The number of hydrogen-bond donors (Lipinski definition) is 1. The molecule has 0 aliphatic heterocycles. The van der Waals surface area contributed by atoms with Crippen LogP contribution in [-0.2, 0) is 4.79 Å². The Bertz CT molecular complexity index is 357. The van der Waals surface area contributed by atoms with E-state index in [-0.39, 0.29) is 0 Å². The van der Waals surface area contributed by atoms with Crippen molar-refractivity contribution in [3.05, 3.63) is 42.5 Å². The van der Waals surface area contributed by atoms with Gasteiger partial charge in [0.25, 0.3) is 0 Å². The molecule has 0 radical (unpaired) electrons. The van der Waals surface area contributed by atoms with Crippen molar-refractivity contribution in [1.29, 1.82) is 0 Å². The highest BCUT2D eigenvalue weighted by atomic mass is 16.5. The summed E-state index contributed by atoms with van der Waals surface area (Å²) in [7, 11) is 0. The molecule has 1 N–H and O–H groups in total. The third-order valence-electron chi connectivity index (χ3n) is 2.24. The summed E-state index contributed by atoms with van der Waals surface area (Å²) in [5.74, 6) is -0.514. The maximum absolute atomic E-state index is 11.6. The lowest BCUT2D eigenvalue weighted by molar-refractivity contribution is -0.140. The average molecular weight is 220 g/mol. The molecular weight excluding hydrogens is 204 g/mol. The first-order valence-corrected chi connectivity index (χ1v) is 5.22. The van der Waals surface area contributed by atoms with Crippen LogP contribution in [0.4, 0.5) is 0 Å². The molecule has 1 aromatic carbocycles. The van der Waals surface area contributed by atoms with Gasteiger partial charge in [0.1, 0.15) is 5.75 Å². The first kappa shape index (κ1) is 12.5. The number of ether oxygens (including phenoxy) is 1. The molecule has 3 nitrogen and oxygen atoms in total. The first-order valence-electron chi connectivity index (χ1n) is 5.22. The van der Waals surface area contributed by atoms with Crippen molar-refractivity contribution in [2.75, 3.05) is 0 Å². The smallest absolute Gasteiger partial charge is 0.317 e. The Morgan fingerprint density at radius 1 is 1.38 bits per heavy atom. The van der Waals surface area contributed by atoms with Crippen molar-refractivity contribution >= 4 is 5.97 Å². The van der Waals surface area contributed by atoms with E-state index >= 15 is 0 Å². The zero-order valence-electron chi connectivity index (χ0n) is 9.46. The monoisotopic (exact) mass is 220 g/mol. The Hall–Kier alpha value is -1.61. The Morgan fingerprint density at radius 2 is 2.00 bits per heavy atom. The predicted octanol–water partition coefficient (Wildman–Crippen LogP) is 2.17. The topological polar surface area (TPSA) is 46.5 Å². The van der Waals surface area contributed by atoms with E-state index in [1.54, 1.807) is 50.3 Å². The van der Waals surface area contributed by atoms with Gasteiger partial charge in [-0.2, -0.15) is 0 Å². The van der Waals surface area contributed by atoms with Gasteiger partial charge < -0.3 is 9.84 Å². The van der Waals surface area contributed by atoms with E-state index in [1.807, 2.05) is 6.07 Å². The van der Waals surface area contributed by atoms with E-state index in [4.69, 9.17) is 4.74 Å². The molecule has 0 unspecified atom stereocenters.